The van der Waals surface area contributed by atoms with Crippen LogP contribution in [0.5, 0.6) is 0 Å². The number of H-pyrrole nitrogens is 1. The second-order valence-electron chi connectivity index (χ2n) is 8.32. The molecule has 33 heavy (non-hydrogen) atoms. The summed E-state index contributed by atoms with van der Waals surface area (Å²) in [6.07, 6.45) is 8.57. The van der Waals surface area contributed by atoms with E-state index in [1.165, 1.54) is 32.1 Å². The van der Waals surface area contributed by atoms with Gasteiger partial charge in [0.05, 0.1) is 78.8 Å². The first-order valence-corrected chi connectivity index (χ1v) is 12.5. The van der Waals surface area contributed by atoms with Crippen LogP contribution < -0.4 is 5.43 Å². The first-order valence-electron chi connectivity index (χ1n) is 12.5. The minimum atomic E-state index is -0.0647. The van der Waals surface area contributed by atoms with Crippen LogP contribution in [0.2, 0.25) is 0 Å². The number of aromatic amines is 1. The van der Waals surface area contributed by atoms with Crippen LogP contribution in [0.15, 0.2) is 16.9 Å². The van der Waals surface area contributed by atoms with E-state index in [2.05, 4.69) is 11.9 Å². The molecule has 1 atom stereocenters. The van der Waals surface area contributed by atoms with Gasteiger partial charge >= 0.3 is 0 Å². The first-order chi connectivity index (χ1) is 16.3. The maximum Gasteiger partial charge on any atom is 0.182 e. The van der Waals surface area contributed by atoms with Gasteiger partial charge in [-0.3, -0.25) is 4.79 Å². The molecular formula is C25H43NO7. The van der Waals surface area contributed by atoms with Crippen molar-refractivity contribution in [2.75, 3.05) is 59.5 Å². The van der Waals surface area contributed by atoms with Crippen LogP contribution in [-0.4, -0.2) is 70.5 Å². The molecule has 0 fully saturated rings. The lowest BCUT2D eigenvalue weighted by molar-refractivity contribution is -0.0555. The van der Waals surface area contributed by atoms with Crippen molar-refractivity contribution in [2.45, 2.75) is 71.2 Å². The van der Waals surface area contributed by atoms with Gasteiger partial charge in [-0.1, -0.05) is 45.4 Å². The minimum absolute atomic E-state index is 0.0532. The van der Waals surface area contributed by atoms with Crippen LogP contribution in [0.4, 0.5) is 0 Å². The molecule has 0 spiro atoms. The molecule has 1 aromatic rings. The van der Waals surface area contributed by atoms with Gasteiger partial charge in [0.2, 0.25) is 0 Å². The number of ether oxygens (including phenoxy) is 6. The Morgan fingerprint density at radius 2 is 1.27 bits per heavy atom. The van der Waals surface area contributed by atoms with Gasteiger partial charge in [-0.15, -0.1) is 0 Å². The zero-order valence-corrected chi connectivity index (χ0v) is 20.3. The molecule has 8 heteroatoms. The molecular weight excluding hydrogens is 426 g/mol. The molecule has 1 unspecified atom stereocenters. The number of hydrogen-bond acceptors (Lipinski definition) is 7. The highest BCUT2D eigenvalue weighted by molar-refractivity contribution is 5.10. The number of fused-ring (bicyclic) bond motifs is 2. The van der Waals surface area contributed by atoms with Gasteiger partial charge in [0.1, 0.15) is 0 Å². The maximum absolute atomic E-state index is 11.9. The molecule has 0 saturated heterocycles. The highest BCUT2D eigenvalue weighted by atomic mass is 16.6. The molecule has 2 bridgehead atoms. The van der Waals surface area contributed by atoms with E-state index in [1.54, 1.807) is 12.1 Å². The summed E-state index contributed by atoms with van der Waals surface area (Å²) in [5.74, 6) is 0. The van der Waals surface area contributed by atoms with Gasteiger partial charge < -0.3 is 33.4 Å². The highest BCUT2D eigenvalue weighted by Crippen LogP contribution is 2.11. The lowest BCUT2D eigenvalue weighted by Gasteiger charge is -2.18. The molecule has 0 radical (unpaired) electrons. The Morgan fingerprint density at radius 1 is 0.727 bits per heavy atom. The smallest absolute Gasteiger partial charge is 0.182 e. The third kappa shape index (κ3) is 14.6. The summed E-state index contributed by atoms with van der Waals surface area (Å²) in [6, 6.07) is 3.10. The van der Waals surface area contributed by atoms with Gasteiger partial charge in [0.25, 0.3) is 0 Å². The summed E-state index contributed by atoms with van der Waals surface area (Å²) >= 11 is 0. The van der Waals surface area contributed by atoms with E-state index in [9.17, 15) is 4.79 Å². The van der Waals surface area contributed by atoms with Crippen molar-refractivity contribution >= 4 is 0 Å². The van der Waals surface area contributed by atoms with E-state index in [-0.39, 0.29) is 11.5 Å². The monoisotopic (exact) mass is 469 g/mol. The van der Waals surface area contributed by atoms with Crippen LogP contribution >= 0.6 is 0 Å². The molecule has 1 aliphatic rings. The van der Waals surface area contributed by atoms with E-state index < -0.39 is 0 Å². The van der Waals surface area contributed by atoms with Crippen molar-refractivity contribution in [3.8, 4) is 0 Å². The van der Waals surface area contributed by atoms with Crippen LogP contribution in [0.25, 0.3) is 0 Å². The summed E-state index contributed by atoms with van der Waals surface area (Å²) in [5, 5.41) is 0. The summed E-state index contributed by atoms with van der Waals surface area (Å²) in [6.45, 7) is 7.42. The molecule has 1 aliphatic heterocycles. The third-order valence-corrected chi connectivity index (χ3v) is 5.35. The predicted octanol–water partition coefficient (Wildman–Crippen LogP) is 3.61. The summed E-state index contributed by atoms with van der Waals surface area (Å²) in [5.41, 5.74) is 1.39. The van der Waals surface area contributed by atoms with Crippen LogP contribution in [-0.2, 0) is 41.6 Å². The van der Waals surface area contributed by atoms with Gasteiger partial charge in [0.15, 0.2) is 5.43 Å². The van der Waals surface area contributed by atoms with E-state index >= 15 is 0 Å². The number of nitrogens with one attached hydrogen (secondary N) is 1. The Labute approximate surface area is 198 Å². The standard InChI is InChI=1S/C25H43NO7/c1-2-3-4-5-6-7-8-25-21-32-14-12-29-10-9-28-11-13-30-19-22-17-24(27)18-23(26-22)20-31-15-16-33-25/h17-18,25H,2-16,19-21H2,1H3,(H,26,27). The Morgan fingerprint density at radius 3 is 1.94 bits per heavy atom. The lowest BCUT2D eigenvalue weighted by Crippen LogP contribution is -2.23. The molecule has 0 amide bonds. The second-order valence-corrected chi connectivity index (χ2v) is 8.32. The molecule has 8 nitrogen and oxygen atoms in total. The van der Waals surface area contributed by atoms with Crippen molar-refractivity contribution in [3.63, 3.8) is 0 Å². The van der Waals surface area contributed by atoms with Gasteiger partial charge in [-0.05, 0) is 6.42 Å². The fraction of sp³-hybridized carbons (Fsp3) is 0.800. The normalized spacial score (nSPS) is 20.7. The number of unbranched alkanes of at least 4 members (excludes halogenated alkanes) is 5. The van der Waals surface area contributed by atoms with E-state index in [1.807, 2.05) is 0 Å². The third-order valence-electron chi connectivity index (χ3n) is 5.35. The topological polar surface area (TPSA) is 88.2 Å². The van der Waals surface area contributed by atoms with Gasteiger partial charge in [0, 0.05) is 23.5 Å². The fourth-order valence-electron chi connectivity index (χ4n) is 3.60. The Hall–Kier alpha value is -1.29. The van der Waals surface area contributed by atoms with Crippen LogP contribution in [0.1, 0.15) is 63.3 Å². The molecule has 2 heterocycles. The first kappa shape index (κ1) is 28.0. The maximum atomic E-state index is 11.9. The molecule has 1 aromatic heterocycles. The second kappa shape index (κ2) is 19.1. The highest BCUT2D eigenvalue weighted by Gasteiger charge is 2.10. The molecule has 0 aromatic carbocycles. The van der Waals surface area contributed by atoms with Crippen molar-refractivity contribution in [3.05, 3.63) is 33.7 Å². The number of rotatable bonds is 7. The number of hydrogen-bond donors (Lipinski definition) is 1. The summed E-state index contributed by atoms with van der Waals surface area (Å²) in [4.78, 5) is 15.2. The number of aromatic nitrogens is 1. The Balaban J connectivity index is 1.80. The Kier molecular flexibility index (Phi) is 16.1. The average molecular weight is 470 g/mol. The molecule has 2 rings (SSSR count). The van der Waals surface area contributed by atoms with Crippen molar-refractivity contribution in [1.82, 2.24) is 4.98 Å². The van der Waals surface area contributed by atoms with Gasteiger partial charge in [-0.25, -0.2) is 0 Å². The fourth-order valence-corrected chi connectivity index (χ4v) is 3.60. The molecule has 0 saturated carbocycles. The average Bonchev–Trinajstić information content (AvgIpc) is 2.80. The largest absolute Gasteiger partial charge is 0.377 e. The van der Waals surface area contributed by atoms with Crippen LogP contribution in [0.3, 0.4) is 0 Å². The quantitative estimate of drug-likeness (QED) is 0.610. The minimum Gasteiger partial charge on any atom is -0.377 e. The van der Waals surface area contributed by atoms with Crippen molar-refractivity contribution < 1.29 is 28.4 Å². The predicted molar refractivity (Wildman–Crippen MR) is 127 cm³/mol. The van der Waals surface area contributed by atoms with Crippen molar-refractivity contribution in [1.29, 1.82) is 0 Å². The van der Waals surface area contributed by atoms with E-state index in [0.29, 0.717) is 72.7 Å². The summed E-state index contributed by atoms with van der Waals surface area (Å²) in [7, 11) is 0. The van der Waals surface area contributed by atoms with Gasteiger partial charge in [-0.2, -0.15) is 0 Å². The van der Waals surface area contributed by atoms with Crippen molar-refractivity contribution in [2.24, 2.45) is 0 Å². The number of pyridine rings is 1. The molecule has 0 aliphatic carbocycles. The zero-order chi connectivity index (χ0) is 23.4. The van der Waals surface area contributed by atoms with Crippen LogP contribution in [0, 0.1) is 0 Å². The zero-order valence-electron chi connectivity index (χ0n) is 20.3. The van der Waals surface area contributed by atoms with E-state index in [0.717, 1.165) is 24.2 Å². The SMILES string of the molecule is CCCCCCCCC1COCCOCCOCCOCc2cc(=O)cc([nH]2)COCCO1. The lowest BCUT2D eigenvalue weighted by atomic mass is 10.1. The van der Waals surface area contributed by atoms with E-state index in [4.69, 9.17) is 28.4 Å². The molecule has 190 valence electrons. The Bertz CT molecular complexity index is 652. The molecule has 1 N–H and O–H groups in total. The summed E-state index contributed by atoms with van der Waals surface area (Å²) < 4.78 is 34.2.